The molecule has 1 aromatic heterocycles. The predicted octanol–water partition coefficient (Wildman–Crippen LogP) is 5.45. The second-order valence-electron chi connectivity index (χ2n) is 9.05. The molecule has 0 saturated heterocycles. The van der Waals surface area contributed by atoms with Crippen LogP contribution in [0.4, 0.5) is 0 Å². The van der Waals surface area contributed by atoms with E-state index in [-0.39, 0.29) is 11.9 Å². The number of aromatic nitrogens is 1. The van der Waals surface area contributed by atoms with Crippen LogP contribution in [0.3, 0.4) is 0 Å². The third-order valence-electron chi connectivity index (χ3n) is 7.61. The molecule has 3 aliphatic rings. The van der Waals surface area contributed by atoms with Crippen LogP contribution in [0.25, 0.3) is 11.1 Å². The first-order valence-electron chi connectivity index (χ1n) is 10.3. The second-order valence-corrected chi connectivity index (χ2v) is 9.05. The summed E-state index contributed by atoms with van der Waals surface area (Å²) in [5.41, 5.74) is 5.82. The first kappa shape index (κ1) is 17.0. The van der Waals surface area contributed by atoms with Crippen molar-refractivity contribution >= 4 is 5.91 Å². The fourth-order valence-electron chi connectivity index (χ4n) is 5.89. The maximum absolute atomic E-state index is 12.9. The SMILES string of the molecule is Cc1noc(C)c1-c1ccc2c(c1)C(C1CCC3(CCC3)CC1)N(C)C2=O. The van der Waals surface area contributed by atoms with Gasteiger partial charge in [0, 0.05) is 18.2 Å². The van der Waals surface area contributed by atoms with Crippen molar-refractivity contribution in [2.24, 2.45) is 11.3 Å². The highest BCUT2D eigenvalue weighted by molar-refractivity contribution is 5.99. The predicted molar refractivity (Wildman–Crippen MR) is 104 cm³/mol. The number of nitrogens with zero attached hydrogens (tertiary/aromatic N) is 2. The van der Waals surface area contributed by atoms with Crippen LogP contribution in [0.15, 0.2) is 22.7 Å². The normalized spacial score (nSPS) is 24.3. The number of amides is 1. The van der Waals surface area contributed by atoms with Gasteiger partial charge < -0.3 is 9.42 Å². The highest BCUT2D eigenvalue weighted by Crippen LogP contribution is 2.56. The van der Waals surface area contributed by atoms with E-state index in [1.807, 2.05) is 37.9 Å². The Morgan fingerprint density at radius 3 is 2.48 bits per heavy atom. The van der Waals surface area contributed by atoms with Gasteiger partial charge in [-0.1, -0.05) is 17.6 Å². The fourth-order valence-corrected chi connectivity index (χ4v) is 5.89. The molecule has 1 spiro atoms. The number of carbonyl (C=O) groups excluding carboxylic acids is 1. The van der Waals surface area contributed by atoms with E-state index < -0.39 is 0 Å². The van der Waals surface area contributed by atoms with Crippen molar-refractivity contribution in [3.05, 3.63) is 40.8 Å². The fraction of sp³-hybridized carbons (Fsp3) is 0.565. The second kappa shape index (κ2) is 5.95. The molecule has 2 aromatic rings. The van der Waals surface area contributed by atoms with Crippen LogP contribution in [0.5, 0.6) is 0 Å². The van der Waals surface area contributed by atoms with Gasteiger partial charge in [-0.25, -0.2) is 0 Å². The van der Waals surface area contributed by atoms with Crippen LogP contribution in [0.2, 0.25) is 0 Å². The molecule has 4 heteroatoms. The van der Waals surface area contributed by atoms with Gasteiger partial charge in [-0.15, -0.1) is 0 Å². The minimum absolute atomic E-state index is 0.171. The number of fused-ring (bicyclic) bond motifs is 1. The van der Waals surface area contributed by atoms with Gasteiger partial charge in [-0.3, -0.25) is 4.79 Å². The summed E-state index contributed by atoms with van der Waals surface area (Å²) >= 11 is 0. The molecular weight excluding hydrogens is 336 g/mol. The summed E-state index contributed by atoms with van der Waals surface area (Å²) in [4.78, 5) is 14.9. The Morgan fingerprint density at radius 1 is 1.15 bits per heavy atom. The highest BCUT2D eigenvalue weighted by atomic mass is 16.5. The highest BCUT2D eigenvalue weighted by Gasteiger charge is 2.45. The summed E-state index contributed by atoms with van der Waals surface area (Å²) in [6.07, 6.45) is 9.44. The van der Waals surface area contributed by atoms with Crippen LogP contribution < -0.4 is 0 Å². The maximum atomic E-state index is 12.9. The van der Waals surface area contributed by atoms with E-state index in [1.165, 1.54) is 50.5 Å². The lowest BCUT2D eigenvalue weighted by molar-refractivity contribution is 0.0304. The van der Waals surface area contributed by atoms with Crippen molar-refractivity contribution < 1.29 is 9.32 Å². The molecule has 1 aromatic carbocycles. The third kappa shape index (κ3) is 2.49. The molecule has 27 heavy (non-hydrogen) atoms. The van der Waals surface area contributed by atoms with Crippen molar-refractivity contribution in [2.75, 3.05) is 7.05 Å². The molecule has 4 nitrogen and oxygen atoms in total. The molecule has 2 fully saturated rings. The summed E-state index contributed by atoms with van der Waals surface area (Å²) in [5.74, 6) is 1.59. The summed E-state index contributed by atoms with van der Waals surface area (Å²) in [6, 6.07) is 6.49. The maximum Gasteiger partial charge on any atom is 0.254 e. The number of rotatable bonds is 2. The van der Waals surface area contributed by atoms with Crippen molar-refractivity contribution in [1.29, 1.82) is 0 Å². The molecule has 1 aliphatic heterocycles. The van der Waals surface area contributed by atoms with E-state index in [0.29, 0.717) is 11.3 Å². The first-order valence-corrected chi connectivity index (χ1v) is 10.3. The zero-order valence-corrected chi connectivity index (χ0v) is 16.5. The molecule has 2 saturated carbocycles. The monoisotopic (exact) mass is 364 g/mol. The van der Waals surface area contributed by atoms with E-state index in [0.717, 1.165) is 28.1 Å². The molecule has 1 atom stereocenters. The van der Waals surface area contributed by atoms with E-state index in [4.69, 9.17) is 4.52 Å². The average Bonchev–Trinajstić information content (AvgIpc) is 3.10. The van der Waals surface area contributed by atoms with Crippen LogP contribution in [0.1, 0.15) is 78.4 Å². The lowest BCUT2D eigenvalue weighted by Gasteiger charge is -2.48. The molecule has 0 radical (unpaired) electrons. The van der Waals surface area contributed by atoms with Gasteiger partial charge in [0.1, 0.15) is 5.76 Å². The quantitative estimate of drug-likeness (QED) is 0.712. The van der Waals surface area contributed by atoms with Gasteiger partial charge in [0.25, 0.3) is 5.91 Å². The molecule has 5 rings (SSSR count). The zero-order chi connectivity index (χ0) is 18.8. The Labute approximate surface area is 160 Å². The first-order chi connectivity index (χ1) is 13.0. The number of hydrogen-bond donors (Lipinski definition) is 0. The Hall–Kier alpha value is -2.10. The van der Waals surface area contributed by atoms with Crippen LogP contribution in [0, 0.1) is 25.2 Å². The van der Waals surface area contributed by atoms with Crippen LogP contribution >= 0.6 is 0 Å². The summed E-state index contributed by atoms with van der Waals surface area (Å²) in [5, 5.41) is 4.10. The largest absolute Gasteiger partial charge is 0.361 e. The molecule has 2 heterocycles. The smallest absolute Gasteiger partial charge is 0.254 e. The zero-order valence-electron chi connectivity index (χ0n) is 16.5. The molecule has 1 unspecified atom stereocenters. The molecule has 0 N–H and O–H groups in total. The molecule has 142 valence electrons. The molecule has 2 aliphatic carbocycles. The van der Waals surface area contributed by atoms with Crippen molar-refractivity contribution in [2.45, 2.75) is 64.8 Å². The number of benzene rings is 1. The molecule has 0 bridgehead atoms. The van der Waals surface area contributed by atoms with Gasteiger partial charge in [-0.05, 0) is 87.0 Å². The van der Waals surface area contributed by atoms with Gasteiger partial charge in [0.2, 0.25) is 0 Å². The average molecular weight is 364 g/mol. The third-order valence-corrected chi connectivity index (χ3v) is 7.61. The Kier molecular flexibility index (Phi) is 3.75. The van der Waals surface area contributed by atoms with Gasteiger partial charge in [0.15, 0.2) is 0 Å². The minimum atomic E-state index is 0.171. The summed E-state index contributed by atoms with van der Waals surface area (Å²) < 4.78 is 5.37. The minimum Gasteiger partial charge on any atom is -0.361 e. The number of hydrogen-bond acceptors (Lipinski definition) is 3. The van der Waals surface area contributed by atoms with E-state index in [9.17, 15) is 4.79 Å². The summed E-state index contributed by atoms with van der Waals surface area (Å²) in [6.45, 7) is 3.93. The van der Waals surface area contributed by atoms with Crippen molar-refractivity contribution in [3.8, 4) is 11.1 Å². The Balaban J connectivity index is 1.50. The number of carbonyl (C=O) groups is 1. The number of aryl methyl sites for hydroxylation is 2. The van der Waals surface area contributed by atoms with Crippen LogP contribution in [-0.2, 0) is 0 Å². The lowest BCUT2D eigenvalue weighted by Crippen LogP contribution is -2.37. The molecule has 1 amide bonds. The topological polar surface area (TPSA) is 46.3 Å². The van der Waals surface area contributed by atoms with Crippen molar-refractivity contribution in [3.63, 3.8) is 0 Å². The van der Waals surface area contributed by atoms with Crippen molar-refractivity contribution in [1.82, 2.24) is 10.1 Å². The summed E-state index contributed by atoms with van der Waals surface area (Å²) in [7, 11) is 1.98. The lowest BCUT2D eigenvalue weighted by atomic mass is 9.58. The standard InChI is InChI=1S/C23H28N2O2/c1-14-20(15(2)27-24-14)17-5-6-18-19(13-17)21(25(3)22(18)26)16-7-11-23(12-8-16)9-4-10-23/h5-6,13,16,21H,4,7-12H2,1-3H3. The van der Waals surface area contributed by atoms with E-state index >= 15 is 0 Å². The van der Waals surface area contributed by atoms with Gasteiger partial charge >= 0.3 is 0 Å². The molecular formula is C23H28N2O2. The van der Waals surface area contributed by atoms with Gasteiger partial charge in [0.05, 0.1) is 11.7 Å². The van der Waals surface area contributed by atoms with E-state index in [1.54, 1.807) is 0 Å². The van der Waals surface area contributed by atoms with Gasteiger partial charge in [-0.2, -0.15) is 0 Å². The van der Waals surface area contributed by atoms with Crippen LogP contribution in [-0.4, -0.2) is 23.0 Å². The Bertz CT molecular complexity index is 880. The van der Waals surface area contributed by atoms with E-state index in [2.05, 4.69) is 11.2 Å². The Morgan fingerprint density at radius 2 is 1.89 bits per heavy atom.